The molecular weight excluding hydrogens is 362 g/mol. The van der Waals surface area contributed by atoms with Crippen LogP contribution in [0.5, 0.6) is 11.6 Å². The van der Waals surface area contributed by atoms with Gasteiger partial charge in [0.2, 0.25) is 5.88 Å². The molecule has 1 fully saturated rings. The van der Waals surface area contributed by atoms with Crippen LogP contribution >= 0.6 is 11.6 Å². The lowest BCUT2D eigenvalue weighted by Gasteiger charge is -2.35. The zero-order valence-corrected chi connectivity index (χ0v) is 15.6. The van der Waals surface area contributed by atoms with Crippen molar-refractivity contribution in [2.45, 2.75) is 6.54 Å². The number of piperazine rings is 1. The van der Waals surface area contributed by atoms with Gasteiger partial charge in [0.1, 0.15) is 5.75 Å². The number of ether oxygens (including phenoxy) is 1. The molecule has 3 aromatic rings. The Bertz CT molecular complexity index is 850. The summed E-state index contributed by atoms with van der Waals surface area (Å²) < 4.78 is 5.74. The minimum absolute atomic E-state index is 0.421. The number of rotatable bonds is 5. The van der Waals surface area contributed by atoms with E-state index in [1.165, 1.54) is 5.56 Å². The number of pyridine rings is 1. The van der Waals surface area contributed by atoms with E-state index in [2.05, 4.69) is 31.0 Å². The van der Waals surface area contributed by atoms with Crippen molar-refractivity contribution in [3.05, 3.63) is 71.5 Å². The molecule has 0 N–H and O–H groups in total. The largest absolute Gasteiger partial charge is 0.439 e. The molecule has 7 heteroatoms. The topological polar surface area (TPSA) is 54.4 Å². The molecule has 1 aliphatic rings. The number of aromatic nitrogens is 3. The molecule has 1 saturated heterocycles. The molecule has 6 nitrogen and oxygen atoms in total. The van der Waals surface area contributed by atoms with Crippen molar-refractivity contribution in [1.82, 2.24) is 20.1 Å². The van der Waals surface area contributed by atoms with Gasteiger partial charge in [-0.15, -0.1) is 10.2 Å². The van der Waals surface area contributed by atoms with Crippen molar-refractivity contribution >= 4 is 17.4 Å². The van der Waals surface area contributed by atoms with Crippen molar-refractivity contribution < 1.29 is 4.74 Å². The van der Waals surface area contributed by atoms with E-state index in [9.17, 15) is 0 Å². The first-order chi connectivity index (χ1) is 13.3. The van der Waals surface area contributed by atoms with Gasteiger partial charge in [0, 0.05) is 45.0 Å². The summed E-state index contributed by atoms with van der Waals surface area (Å²) in [5.74, 6) is 2.28. The van der Waals surface area contributed by atoms with Crippen molar-refractivity contribution in [3.63, 3.8) is 0 Å². The van der Waals surface area contributed by atoms with Crippen LogP contribution in [0.15, 0.2) is 60.8 Å². The van der Waals surface area contributed by atoms with E-state index in [0.717, 1.165) is 44.3 Å². The summed E-state index contributed by atoms with van der Waals surface area (Å²) in [6.07, 6.45) is 1.88. The molecule has 0 atom stereocenters. The number of para-hydroxylation sites is 1. The molecule has 4 rings (SSSR count). The number of hydrogen-bond acceptors (Lipinski definition) is 6. The Morgan fingerprint density at radius 2 is 1.70 bits per heavy atom. The third-order valence-corrected chi connectivity index (χ3v) is 4.69. The van der Waals surface area contributed by atoms with Crippen LogP contribution in [0.25, 0.3) is 0 Å². The third kappa shape index (κ3) is 4.72. The summed E-state index contributed by atoms with van der Waals surface area (Å²) in [5.41, 5.74) is 1.18. The van der Waals surface area contributed by atoms with Crippen molar-refractivity contribution in [2.75, 3.05) is 31.1 Å². The van der Waals surface area contributed by atoms with Gasteiger partial charge in [0.25, 0.3) is 0 Å². The van der Waals surface area contributed by atoms with Crippen LogP contribution in [0.4, 0.5) is 5.82 Å². The lowest BCUT2D eigenvalue weighted by molar-refractivity contribution is 0.249. The van der Waals surface area contributed by atoms with Crippen LogP contribution in [0, 0.1) is 0 Å². The lowest BCUT2D eigenvalue weighted by Crippen LogP contribution is -2.46. The van der Waals surface area contributed by atoms with Gasteiger partial charge < -0.3 is 9.64 Å². The fourth-order valence-corrected chi connectivity index (χ4v) is 3.15. The van der Waals surface area contributed by atoms with Gasteiger partial charge >= 0.3 is 0 Å². The number of nitrogens with zero attached hydrogens (tertiary/aromatic N) is 5. The normalized spacial score (nSPS) is 14.9. The van der Waals surface area contributed by atoms with Gasteiger partial charge in [-0.05, 0) is 29.8 Å². The quantitative estimate of drug-likeness (QED) is 0.672. The van der Waals surface area contributed by atoms with Gasteiger partial charge in [-0.25, -0.2) is 4.98 Å². The van der Waals surface area contributed by atoms with Crippen LogP contribution in [-0.4, -0.2) is 46.3 Å². The van der Waals surface area contributed by atoms with E-state index < -0.39 is 0 Å². The molecule has 1 aliphatic heterocycles. The Morgan fingerprint density at radius 3 is 2.37 bits per heavy atom. The first-order valence-electron chi connectivity index (χ1n) is 8.91. The molecule has 27 heavy (non-hydrogen) atoms. The molecule has 1 aromatic carbocycles. The van der Waals surface area contributed by atoms with Crippen LogP contribution in [0.3, 0.4) is 0 Å². The summed E-state index contributed by atoms with van der Waals surface area (Å²) >= 11 is 5.81. The summed E-state index contributed by atoms with van der Waals surface area (Å²) in [4.78, 5) is 9.06. The monoisotopic (exact) mass is 381 g/mol. The van der Waals surface area contributed by atoms with Crippen LogP contribution in [0.2, 0.25) is 5.15 Å². The molecule has 0 radical (unpaired) electrons. The zero-order chi connectivity index (χ0) is 18.5. The van der Waals surface area contributed by atoms with E-state index in [0.29, 0.717) is 11.0 Å². The smallest absolute Gasteiger partial charge is 0.219 e. The van der Waals surface area contributed by atoms with Gasteiger partial charge in [-0.1, -0.05) is 35.9 Å². The molecule has 0 amide bonds. The average Bonchev–Trinajstić information content (AvgIpc) is 2.72. The van der Waals surface area contributed by atoms with Crippen LogP contribution in [-0.2, 0) is 6.54 Å². The fraction of sp³-hybridized carbons (Fsp3) is 0.250. The predicted octanol–water partition coefficient (Wildman–Crippen LogP) is 3.64. The number of anilines is 1. The van der Waals surface area contributed by atoms with Crippen LogP contribution in [0.1, 0.15) is 5.56 Å². The minimum Gasteiger partial charge on any atom is -0.439 e. The Labute approximate surface area is 163 Å². The van der Waals surface area contributed by atoms with Gasteiger partial charge in [-0.2, -0.15) is 0 Å². The van der Waals surface area contributed by atoms with Gasteiger partial charge in [0.05, 0.1) is 0 Å². The molecule has 138 valence electrons. The third-order valence-electron chi connectivity index (χ3n) is 4.48. The second kappa shape index (κ2) is 8.33. The van der Waals surface area contributed by atoms with Gasteiger partial charge in [-0.3, -0.25) is 4.90 Å². The van der Waals surface area contributed by atoms with Crippen molar-refractivity contribution in [3.8, 4) is 11.6 Å². The number of hydrogen-bond donors (Lipinski definition) is 0. The van der Waals surface area contributed by atoms with E-state index in [-0.39, 0.29) is 0 Å². The second-order valence-corrected chi connectivity index (χ2v) is 6.78. The summed E-state index contributed by atoms with van der Waals surface area (Å²) in [6, 6.07) is 17.4. The lowest BCUT2D eigenvalue weighted by atomic mass is 10.2. The maximum Gasteiger partial charge on any atom is 0.219 e. The molecule has 0 spiro atoms. The highest BCUT2D eigenvalue weighted by Crippen LogP contribution is 2.20. The molecule has 2 aromatic heterocycles. The molecule has 0 bridgehead atoms. The van der Waals surface area contributed by atoms with E-state index in [1.54, 1.807) is 6.07 Å². The first-order valence-corrected chi connectivity index (χ1v) is 9.28. The minimum atomic E-state index is 0.421. The maximum absolute atomic E-state index is 5.81. The number of benzene rings is 1. The average molecular weight is 382 g/mol. The first kappa shape index (κ1) is 17.7. The van der Waals surface area contributed by atoms with Crippen LogP contribution < -0.4 is 9.64 Å². The highest BCUT2D eigenvalue weighted by molar-refractivity contribution is 6.29. The Kier molecular flexibility index (Phi) is 5.46. The fourth-order valence-electron chi connectivity index (χ4n) is 3.05. The summed E-state index contributed by atoms with van der Waals surface area (Å²) in [7, 11) is 0. The molecule has 0 aliphatic carbocycles. The Balaban J connectivity index is 1.29. The summed E-state index contributed by atoms with van der Waals surface area (Å²) in [6.45, 7) is 4.63. The second-order valence-electron chi connectivity index (χ2n) is 6.40. The Morgan fingerprint density at radius 1 is 0.889 bits per heavy atom. The van der Waals surface area contributed by atoms with Gasteiger partial charge in [0.15, 0.2) is 11.0 Å². The number of halogens is 1. The van der Waals surface area contributed by atoms with Crippen molar-refractivity contribution in [2.24, 2.45) is 0 Å². The Hall–Kier alpha value is -2.70. The molecule has 0 unspecified atom stereocenters. The SMILES string of the molecule is Clc1ccc(N2CCN(Cc3ccc(Oc4ccccc4)nc3)CC2)nn1. The van der Waals surface area contributed by atoms with E-state index in [4.69, 9.17) is 16.3 Å². The standard InChI is InChI=1S/C20H20ClN5O/c21-18-7-8-19(24-23-18)26-12-10-25(11-13-26)15-16-6-9-20(22-14-16)27-17-4-2-1-3-5-17/h1-9,14H,10-13,15H2. The summed E-state index contributed by atoms with van der Waals surface area (Å²) in [5, 5.41) is 8.50. The van der Waals surface area contributed by atoms with E-state index in [1.807, 2.05) is 48.7 Å². The predicted molar refractivity (Wildman–Crippen MR) is 105 cm³/mol. The van der Waals surface area contributed by atoms with Crippen molar-refractivity contribution in [1.29, 1.82) is 0 Å². The van der Waals surface area contributed by atoms with E-state index >= 15 is 0 Å². The molecular formula is C20H20ClN5O. The molecule has 3 heterocycles. The molecule has 0 saturated carbocycles. The zero-order valence-electron chi connectivity index (χ0n) is 14.8. The highest BCUT2D eigenvalue weighted by Gasteiger charge is 2.18. The maximum atomic E-state index is 5.81. The highest BCUT2D eigenvalue weighted by atomic mass is 35.5.